The van der Waals surface area contributed by atoms with E-state index in [2.05, 4.69) is 0 Å². The van der Waals surface area contributed by atoms with Gasteiger partial charge >= 0.3 is 0 Å². The van der Waals surface area contributed by atoms with Crippen LogP contribution in [0.15, 0.2) is 36.4 Å². The van der Waals surface area contributed by atoms with Gasteiger partial charge in [0.15, 0.2) is 11.5 Å². The van der Waals surface area contributed by atoms with Crippen molar-refractivity contribution in [3.63, 3.8) is 0 Å². The van der Waals surface area contributed by atoms with Gasteiger partial charge in [0.2, 0.25) is 0 Å². The predicted molar refractivity (Wildman–Crippen MR) is 81.4 cm³/mol. The average molecular weight is 303 g/mol. The second-order valence-corrected chi connectivity index (χ2v) is 4.82. The van der Waals surface area contributed by atoms with E-state index < -0.39 is 11.0 Å². The van der Waals surface area contributed by atoms with Crippen molar-refractivity contribution >= 4 is 5.69 Å². The molecule has 0 spiro atoms. The SMILES string of the molecule is COc1ccc([C@H](O)c2ccc([N+](=O)[O-])c(C)c2)cc1OC. The van der Waals surface area contributed by atoms with Crippen LogP contribution in [0.3, 0.4) is 0 Å². The van der Waals surface area contributed by atoms with Gasteiger partial charge in [-0.3, -0.25) is 10.1 Å². The minimum Gasteiger partial charge on any atom is -0.493 e. The third-order valence-corrected chi connectivity index (χ3v) is 3.46. The molecule has 1 atom stereocenters. The van der Waals surface area contributed by atoms with Crippen LogP contribution in [-0.2, 0) is 0 Å². The van der Waals surface area contributed by atoms with Gasteiger partial charge in [-0.15, -0.1) is 0 Å². The molecule has 0 aliphatic carbocycles. The first-order valence-corrected chi connectivity index (χ1v) is 6.63. The molecular formula is C16H17NO5. The summed E-state index contributed by atoms with van der Waals surface area (Å²) >= 11 is 0. The number of aryl methyl sites for hydroxylation is 1. The van der Waals surface area contributed by atoms with Gasteiger partial charge in [-0.1, -0.05) is 6.07 Å². The van der Waals surface area contributed by atoms with E-state index in [-0.39, 0.29) is 5.69 Å². The molecule has 0 amide bonds. The summed E-state index contributed by atoms with van der Waals surface area (Å²) in [4.78, 5) is 10.4. The smallest absolute Gasteiger partial charge is 0.272 e. The summed E-state index contributed by atoms with van der Waals surface area (Å²) in [5.74, 6) is 1.08. The van der Waals surface area contributed by atoms with Gasteiger partial charge in [0.05, 0.1) is 19.1 Å². The van der Waals surface area contributed by atoms with Gasteiger partial charge < -0.3 is 14.6 Å². The Labute approximate surface area is 128 Å². The number of hydrogen-bond donors (Lipinski definition) is 1. The van der Waals surface area contributed by atoms with Crippen LogP contribution >= 0.6 is 0 Å². The number of nitro groups is 1. The quantitative estimate of drug-likeness (QED) is 0.678. The van der Waals surface area contributed by atoms with Crippen LogP contribution < -0.4 is 9.47 Å². The molecule has 0 radical (unpaired) electrons. The first-order chi connectivity index (χ1) is 10.5. The van der Waals surface area contributed by atoms with Gasteiger partial charge in [-0.05, 0) is 42.3 Å². The highest BCUT2D eigenvalue weighted by Crippen LogP contribution is 2.33. The molecule has 1 N–H and O–H groups in total. The van der Waals surface area contributed by atoms with Crippen molar-refractivity contribution in [3.05, 3.63) is 63.2 Å². The lowest BCUT2D eigenvalue weighted by molar-refractivity contribution is -0.385. The minimum atomic E-state index is -0.903. The summed E-state index contributed by atoms with van der Waals surface area (Å²) in [5, 5.41) is 21.3. The fourth-order valence-corrected chi connectivity index (χ4v) is 2.27. The lowest BCUT2D eigenvalue weighted by atomic mass is 9.99. The van der Waals surface area contributed by atoms with E-state index in [1.54, 1.807) is 37.3 Å². The molecule has 22 heavy (non-hydrogen) atoms. The summed E-state index contributed by atoms with van der Waals surface area (Å²) in [6, 6.07) is 9.67. The zero-order valence-corrected chi connectivity index (χ0v) is 12.6. The molecular weight excluding hydrogens is 286 g/mol. The third kappa shape index (κ3) is 3.01. The van der Waals surface area contributed by atoms with Crippen molar-refractivity contribution in [1.29, 1.82) is 0 Å². The Morgan fingerprint density at radius 1 is 1.05 bits per heavy atom. The third-order valence-electron chi connectivity index (χ3n) is 3.46. The number of aliphatic hydroxyl groups is 1. The van der Waals surface area contributed by atoms with Crippen molar-refractivity contribution in [3.8, 4) is 11.5 Å². The molecule has 0 bridgehead atoms. The highest BCUT2D eigenvalue weighted by Gasteiger charge is 2.17. The normalized spacial score (nSPS) is 11.8. The van der Waals surface area contributed by atoms with Gasteiger partial charge in [-0.25, -0.2) is 0 Å². The van der Waals surface area contributed by atoms with Crippen molar-refractivity contribution in [1.82, 2.24) is 0 Å². The summed E-state index contributed by atoms with van der Waals surface area (Å²) < 4.78 is 10.4. The number of benzene rings is 2. The zero-order valence-electron chi connectivity index (χ0n) is 12.6. The number of hydrogen-bond acceptors (Lipinski definition) is 5. The van der Waals surface area contributed by atoms with E-state index in [0.29, 0.717) is 28.2 Å². The van der Waals surface area contributed by atoms with Crippen molar-refractivity contribution < 1.29 is 19.5 Å². The van der Waals surface area contributed by atoms with E-state index in [9.17, 15) is 15.2 Å². The maximum Gasteiger partial charge on any atom is 0.272 e. The highest BCUT2D eigenvalue weighted by molar-refractivity contribution is 5.47. The molecule has 0 aromatic heterocycles. The van der Waals surface area contributed by atoms with Crippen molar-refractivity contribution in [2.75, 3.05) is 14.2 Å². The minimum absolute atomic E-state index is 0.0308. The van der Waals surface area contributed by atoms with Crippen LogP contribution in [0.5, 0.6) is 11.5 Å². The summed E-state index contributed by atoms with van der Waals surface area (Å²) in [5.41, 5.74) is 1.73. The van der Waals surface area contributed by atoms with E-state index in [1.165, 1.54) is 20.3 Å². The fraction of sp³-hybridized carbons (Fsp3) is 0.250. The number of methoxy groups -OCH3 is 2. The number of aliphatic hydroxyl groups excluding tert-OH is 1. The molecule has 0 aliphatic rings. The lowest BCUT2D eigenvalue weighted by Gasteiger charge is -2.15. The fourth-order valence-electron chi connectivity index (χ4n) is 2.27. The summed E-state index contributed by atoms with van der Waals surface area (Å²) in [6.45, 7) is 1.64. The Balaban J connectivity index is 2.37. The van der Waals surface area contributed by atoms with Crippen LogP contribution in [-0.4, -0.2) is 24.2 Å². The maximum atomic E-state index is 10.8. The molecule has 116 valence electrons. The Hall–Kier alpha value is -2.60. The molecule has 0 fully saturated rings. The molecule has 2 aromatic rings. The maximum absolute atomic E-state index is 10.8. The van der Waals surface area contributed by atoms with Crippen LogP contribution in [0, 0.1) is 17.0 Å². The molecule has 6 heteroatoms. The van der Waals surface area contributed by atoms with E-state index >= 15 is 0 Å². The largest absolute Gasteiger partial charge is 0.493 e. The second kappa shape index (κ2) is 6.44. The van der Waals surface area contributed by atoms with Crippen LogP contribution in [0.25, 0.3) is 0 Å². The molecule has 0 unspecified atom stereocenters. The standard InChI is InChI=1S/C16H17NO5/c1-10-8-11(4-6-13(10)17(19)20)16(18)12-5-7-14(21-2)15(9-12)22-3/h4-9,16,18H,1-3H3/t16-/m1/s1. The first-order valence-electron chi connectivity index (χ1n) is 6.63. The topological polar surface area (TPSA) is 81.8 Å². The Bertz CT molecular complexity index is 699. The predicted octanol–water partition coefficient (Wildman–Crippen LogP) is 3.00. The monoisotopic (exact) mass is 303 g/mol. The van der Waals surface area contributed by atoms with E-state index in [4.69, 9.17) is 9.47 Å². The number of ether oxygens (including phenoxy) is 2. The Morgan fingerprint density at radius 3 is 2.18 bits per heavy atom. The number of nitrogens with zero attached hydrogens (tertiary/aromatic N) is 1. The molecule has 0 heterocycles. The number of nitro benzene ring substituents is 1. The Kier molecular flexibility index (Phi) is 4.62. The number of rotatable bonds is 5. The molecule has 2 rings (SSSR count). The van der Waals surface area contributed by atoms with Gasteiger partial charge in [0, 0.05) is 11.6 Å². The molecule has 2 aromatic carbocycles. The average Bonchev–Trinajstić information content (AvgIpc) is 2.52. The van der Waals surface area contributed by atoms with Crippen LogP contribution in [0.2, 0.25) is 0 Å². The second-order valence-electron chi connectivity index (χ2n) is 4.82. The van der Waals surface area contributed by atoms with Crippen molar-refractivity contribution in [2.45, 2.75) is 13.0 Å². The van der Waals surface area contributed by atoms with Gasteiger partial charge in [0.25, 0.3) is 5.69 Å². The molecule has 6 nitrogen and oxygen atoms in total. The highest BCUT2D eigenvalue weighted by atomic mass is 16.6. The Morgan fingerprint density at radius 2 is 1.64 bits per heavy atom. The van der Waals surface area contributed by atoms with E-state index in [0.717, 1.165) is 0 Å². The first kappa shape index (κ1) is 15.8. The molecule has 0 saturated heterocycles. The van der Waals surface area contributed by atoms with Gasteiger partial charge in [0.1, 0.15) is 6.10 Å². The molecule has 0 aliphatic heterocycles. The molecule has 0 saturated carbocycles. The van der Waals surface area contributed by atoms with Gasteiger partial charge in [-0.2, -0.15) is 0 Å². The lowest BCUT2D eigenvalue weighted by Crippen LogP contribution is -2.02. The van der Waals surface area contributed by atoms with Crippen LogP contribution in [0.1, 0.15) is 22.8 Å². The van der Waals surface area contributed by atoms with E-state index in [1.807, 2.05) is 0 Å². The summed E-state index contributed by atoms with van der Waals surface area (Å²) in [6.07, 6.45) is -0.903. The van der Waals surface area contributed by atoms with Crippen molar-refractivity contribution in [2.24, 2.45) is 0 Å². The zero-order chi connectivity index (χ0) is 16.3. The van der Waals surface area contributed by atoms with Crippen LogP contribution in [0.4, 0.5) is 5.69 Å². The summed E-state index contributed by atoms with van der Waals surface area (Å²) in [7, 11) is 3.05.